The molecule has 0 spiro atoms. The van der Waals surface area contributed by atoms with Crippen LogP contribution >= 0.6 is 0 Å². The minimum atomic E-state index is -0.997. The van der Waals surface area contributed by atoms with Crippen LogP contribution in [0.4, 0.5) is 5.69 Å². The Hall–Kier alpha value is -4.72. The molecule has 1 aromatic heterocycles. The summed E-state index contributed by atoms with van der Waals surface area (Å²) < 4.78 is 22.3. The zero-order valence-corrected chi connectivity index (χ0v) is 20.8. The Morgan fingerprint density at radius 3 is 2.19 bits per heavy atom. The summed E-state index contributed by atoms with van der Waals surface area (Å²) >= 11 is 0. The Morgan fingerprint density at radius 1 is 0.919 bits per heavy atom. The lowest BCUT2D eigenvalue weighted by atomic mass is 9.93. The zero-order chi connectivity index (χ0) is 26.3. The molecule has 8 heteroatoms. The maximum Gasteiger partial charge on any atom is 0.294 e. The van der Waals surface area contributed by atoms with Crippen LogP contribution < -0.4 is 19.1 Å². The molecule has 188 valence electrons. The third kappa shape index (κ3) is 3.87. The number of carbonyl (C=O) groups excluding carboxylic acids is 2. The van der Waals surface area contributed by atoms with Gasteiger partial charge in [-0.05, 0) is 48.4 Å². The van der Waals surface area contributed by atoms with Gasteiger partial charge in [0.05, 0.1) is 32.9 Å². The van der Waals surface area contributed by atoms with Crippen LogP contribution in [-0.2, 0) is 4.79 Å². The largest absolute Gasteiger partial charge is 0.503 e. The first-order valence-electron chi connectivity index (χ1n) is 11.5. The van der Waals surface area contributed by atoms with Gasteiger partial charge < -0.3 is 23.7 Å². The molecule has 1 atom stereocenters. The molecule has 0 saturated heterocycles. The van der Waals surface area contributed by atoms with E-state index in [0.717, 1.165) is 10.9 Å². The number of methoxy groups -OCH3 is 3. The molecular weight excluding hydrogens is 474 g/mol. The molecule has 1 aliphatic heterocycles. The molecule has 37 heavy (non-hydrogen) atoms. The van der Waals surface area contributed by atoms with E-state index >= 15 is 0 Å². The Morgan fingerprint density at radius 2 is 1.57 bits per heavy atom. The van der Waals surface area contributed by atoms with E-state index in [9.17, 15) is 14.7 Å². The molecule has 2 heterocycles. The molecule has 3 aromatic carbocycles. The number of hydrogen-bond donors (Lipinski definition) is 1. The van der Waals surface area contributed by atoms with E-state index in [0.29, 0.717) is 34.1 Å². The fraction of sp³-hybridized carbons (Fsp3) is 0.172. The monoisotopic (exact) mass is 499 g/mol. The van der Waals surface area contributed by atoms with Crippen LogP contribution in [-0.4, -0.2) is 38.1 Å². The number of amides is 1. The van der Waals surface area contributed by atoms with E-state index in [-0.39, 0.29) is 11.3 Å². The Kier molecular flexibility index (Phi) is 6.09. The van der Waals surface area contributed by atoms with Crippen molar-refractivity contribution in [1.82, 2.24) is 0 Å². The molecular formula is C29H25NO7. The van der Waals surface area contributed by atoms with Crippen LogP contribution in [0.5, 0.6) is 17.2 Å². The molecule has 1 amide bonds. The number of aliphatic hydroxyl groups excluding tert-OH is 1. The van der Waals surface area contributed by atoms with E-state index < -0.39 is 23.5 Å². The van der Waals surface area contributed by atoms with Crippen molar-refractivity contribution in [2.75, 3.05) is 26.2 Å². The van der Waals surface area contributed by atoms with Crippen molar-refractivity contribution in [3.63, 3.8) is 0 Å². The third-order valence-electron chi connectivity index (χ3n) is 6.48. The maximum absolute atomic E-state index is 13.9. The van der Waals surface area contributed by atoms with E-state index in [4.69, 9.17) is 18.6 Å². The molecule has 4 aromatic rings. The second-order valence-corrected chi connectivity index (χ2v) is 8.56. The van der Waals surface area contributed by atoms with E-state index in [1.807, 2.05) is 31.2 Å². The van der Waals surface area contributed by atoms with Gasteiger partial charge in [-0.2, -0.15) is 0 Å². The maximum atomic E-state index is 13.9. The lowest BCUT2D eigenvalue weighted by Crippen LogP contribution is -2.31. The van der Waals surface area contributed by atoms with Crippen LogP contribution in [0.25, 0.3) is 11.0 Å². The summed E-state index contributed by atoms with van der Waals surface area (Å²) in [5.41, 5.74) is 2.23. The molecule has 5 rings (SSSR count). The summed E-state index contributed by atoms with van der Waals surface area (Å²) in [6, 6.07) is 18.4. The lowest BCUT2D eigenvalue weighted by molar-refractivity contribution is -0.117. The number of nitrogens with zero attached hydrogens (tertiary/aromatic N) is 1. The van der Waals surface area contributed by atoms with Crippen LogP contribution in [0.1, 0.15) is 27.7 Å². The van der Waals surface area contributed by atoms with Crippen molar-refractivity contribution in [2.24, 2.45) is 0 Å². The van der Waals surface area contributed by atoms with Crippen LogP contribution in [0.15, 0.2) is 82.5 Å². The Balaban J connectivity index is 1.74. The highest BCUT2D eigenvalue weighted by molar-refractivity contribution is 6.20. The number of furan rings is 1. The number of hydrogen-bond acceptors (Lipinski definition) is 7. The number of aliphatic hydroxyl groups is 1. The standard InChI is InChI=1S/C29H25NO7/c1-16-9-5-7-11-19(16)30-25(18-14-22(34-2)28(36-4)23(15-18)35-3)24(27(32)29(30)33)26(31)21-13-17-10-6-8-12-20(17)37-21/h5-15,25,32H,1-4H3. The number of aryl methyl sites for hydroxylation is 1. The van der Waals surface area contributed by atoms with Gasteiger partial charge >= 0.3 is 0 Å². The summed E-state index contributed by atoms with van der Waals surface area (Å²) in [5.74, 6) is -0.887. The van der Waals surface area contributed by atoms with Gasteiger partial charge in [0.2, 0.25) is 11.5 Å². The Labute approximate surface area is 213 Å². The number of anilines is 1. The number of carbonyl (C=O) groups is 2. The summed E-state index contributed by atoms with van der Waals surface area (Å²) in [6.07, 6.45) is 0. The topological polar surface area (TPSA) is 98.4 Å². The first kappa shape index (κ1) is 24.0. The van der Waals surface area contributed by atoms with E-state index in [1.165, 1.54) is 26.2 Å². The van der Waals surface area contributed by atoms with Gasteiger partial charge in [0, 0.05) is 11.1 Å². The summed E-state index contributed by atoms with van der Waals surface area (Å²) in [4.78, 5) is 28.8. The van der Waals surface area contributed by atoms with Crippen molar-refractivity contribution in [3.8, 4) is 17.2 Å². The van der Waals surface area contributed by atoms with Crippen LogP contribution in [0.3, 0.4) is 0 Å². The first-order valence-corrected chi connectivity index (χ1v) is 11.5. The molecule has 0 fully saturated rings. The van der Waals surface area contributed by atoms with Crippen molar-refractivity contribution < 1.29 is 33.3 Å². The fourth-order valence-electron chi connectivity index (χ4n) is 4.72. The van der Waals surface area contributed by atoms with Crippen molar-refractivity contribution in [1.29, 1.82) is 0 Å². The minimum absolute atomic E-state index is 0.0135. The zero-order valence-electron chi connectivity index (χ0n) is 20.8. The van der Waals surface area contributed by atoms with E-state index in [1.54, 1.807) is 42.5 Å². The Bertz CT molecular complexity index is 1510. The number of benzene rings is 3. The van der Waals surface area contributed by atoms with Gasteiger partial charge in [0.15, 0.2) is 23.0 Å². The number of rotatable bonds is 7. The summed E-state index contributed by atoms with van der Waals surface area (Å²) in [7, 11) is 4.45. The highest BCUT2D eigenvalue weighted by Crippen LogP contribution is 2.47. The lowest BCUT2D eigenvalue weighted by Gasteiger charge is -2.29. The minimum Gasteiger partial charge on any atom is -0.503 e. The number of fused-ring (bicyclic) bond motifs is 1. The molecule has 0 aliphatic carbocycles. The quantitative estimate of drug-likeness (QED) is 0.333. The fourth-order valence-corrected chi connectivity index (χ4v) is 4.72. The van der Waals surface area contributed by atoms with Gasteiger partial charge in [0.25, 0.3) is 5.91 Å². The predicted octanol–water partition coefficient (Wildman–Crippen LogP) is 5.55. The molecule has 1 unspecified atom stereocenters. The average Bonchev–Trinajstić information content (AvgIpc) is 3.46. The summed E-state index contributed by atoms with van der Waals surface area (Å²) in [5, 5.41) is 11.8. The highest BCUT2D eigenvalue weighted by atomic mass is 16.5. The van der Waals surface area contributed by atoms with Crippen molar-refractivity contribution in [3.05, 3.63) is 94.9 Å². The molecule has 1 N–H and O–H groups in total. The van der Waals surface area contributed by atoms with Gasteiger partial charge in [-0.3, -0.25) is 14.5 Å². The van der Waals surface area contributed by atoms with E-state index in [2.05, 4.69) is 0 Å². The number of para-hydroxylation sites is 2. The second-order valence-electron chi connectivity index (χ2n) is 8.56. The molecule has 1 aliphatic rings. The average molecular weight is 500 g/mol. The SMILES string of the molecule is COc1cc(C2C(C(=O)c3cc4ccccc4o3)=C(O)C(=O)N2c2ccccc2C)cc(OC)c1OC. The second kappa shape index (κ2) is 9.39. The third-order valence-corrected chi connectivity index (χ3v) is 6.48. The molecule has 0 radical (unpaired) electrons. The van der Waals surface area contributed by atoms with Gasteiger partial charge in [-0.1, -0.05) is 36.4 Å². The van der Waals surface area contributed by atoms with Crippen LogP contribution in [0.2, 0.25) is 0 Å². The molecule has 0 saturated carbocycles. The molecule has 0 bridgehead atoms. The normalized spacial score (nSPS) is 15.4. The van der Waals surface area contributed by atoms with Crippen molar-refractivity contribution >= 4 is 28.3 Å². The first-order chi connectivity index (χ1) is 17.9. The van der Waals surface area contributed by atoms with Crippen LogP contribution in [0, 0.1) is 6.92 Å². The highest BCUT2D eigenvalue weighted by Gasteiger charge is 2.46. The smallest absolute Gasteiger partial charge is 0.294 e. The molecule has 8 nitrogen and oxygen atoms in total. The van der Waals surface area contributed by atoms with Crippen molar-refractivity contribution in [2.45, 2.75) is 13.0 Å². The number of Topliss-reactive ketones (excluding diaryl/α,β-unsaturated/α-hetero) is 1. The summed E-state index contributed by atoms with van der Waals surface area (Å²) in [6.45, 7) is 1.85. The van der Waals surface area contributed by atoms with Gasteiger partial charge in [0.1, 0.15) is 5.58 Å². The predicted molar refractivity (Wildman–Crippen MR) is 138 cm³/mol. The van der Waals surface area contributed by atoms with Gasteiger partial charge in [-0.25, -0.2) is 0 Å². The van der Waals surface area contributed by atoms with Gasteiger partial charge in [-0.15, -0.1) is 0 Å². The number of ether oxygens (including phenoxy) is 3. The number of ketones is 1.